The summed E-state index contributed by atoms with van der Waals surface area (Å²) in [5.74, 6) is 1.27. The number of ether oxygens (including phenoxy) is 1. The molecule has 1 aromatic rings. The van der Waals surface area contributed by atoms with Crippen molar-refractivity contribution in [1.82, 2.24) is 5.32 Å². The van der Waals surface area contributed by atoms with Crippen molar-refractivity contribution in [1.29, 1.82) is 0 Å². The fourth-order valence-electron chi connectivity index (χ4n) is 1.88. The third-order valence-corrected chi connectivity index (χ3v) is 2.89. The molecule has 0 spiro atoms. The zero-order chi connectivity index (χ0) is 10.3. The number of benzene rings is 1. The smallest absolute Gasteiger partial charge is 0.262 e. The van der Waals surface area contributed by atoms with Gasteiger partial charge in [0.15, 0.2) is 6.61 Å². The predicted octanol–water partition coefficient (Wildman–Crippen LogP) is 0.704. The van der Waals surface area contributed by atoms with Crippen LogP contribution in [0.4, 0.5) is 5.69 Å². The first-order valence-corrected chi connectivity index (χ1v) is 5.10. The Morgan fingerprint density at radius 3 is 2.93 bits per heavy atom. The van der Waals surface area contributed by atoms with E-state index >= 15 is 0 Å². The number of anilines is 1. The molecule has 4 heteroatoms. The zero-order valence-electron chi connectivity index (χ0n) is 8.25. The summed E-state index contributed by atoms with van der Waals surface area (Å²) in [5, 5.41) is 6.05. The quantitative estimate of drug-likeness (QED) is 0.708. The normalized spacial score (nSPS) is 19.9. The van der Waals surface area contributed by atoms with Crippen LogP contribution in [-0.2, 0) is 4.79 Å². The van der Waals surface area contributed by atoms with Crippen LogP contribution in [0.5, 0.6) is 5.75 Å². The maximum Gasteiger partial charge on any atom is 0.262 e. The Kier molecular flexibility index (Phi) is 1.89. The molecule has 1 amide bonds. The van der Waals surface area contributed by atoms with Crippen molar-refractivity contribution in [3.05, 3.63) is 23.8 Å². The van der Waals surface area contributed by atoms with E-state index in [0.717, 1.165) is 24.5 Å². The Hall–Kier alpha value is -1.55. The molecule has 2 N–H and O–H groups in total. The van der Waals surface area contributed by atoms with Gasteiger partial charge in [-0.05, 0) is 17.7 Å². The fraction of sp³-hybridized carbons (Fsp3) is 0.364. The number of rotatable bonds is 1. The molecule has 4 nitrogen and oxygen atoms in total. The Bertz CT molecular complexity index is 413. The van der Waals surface area contributed by atoms with Gasteiger partial charge in [-0.15, -0.1) is 0 Å². The van der Waals surface area contributed by atoms with E-state index in [1.807, 2.05) is 12.1 Å². The van der Waals surface area contributed by atoms with Gasteiger partial charge in [-0.3, -0.25) is 4.79 Å². The molecule has 3 rings (SSSR count). The van der Waals surface area contributed by atoms with Crippen LogP contribution in [0.15, 0.2) is 18.2 Å². The van der Waals surface area contributed by atoms with E-state index in [1.165, 1.54) is 5.56 Å². The number of carbonyl (C=O) groups excluding carboxylic acids is 1. The number of carbonyl (C=O) groups is 1. The lowest BCUT2D eigenvalue weighted by Gasteiger charge is -2.28. The van der Waals surface area contributed by atoms with Crippen LogP contribution < -0.4 is 15.4 Å². The van der Waals surface area contributed by atoms with Gasteiger partial charge in [0, 0.05) is 19.0 Å². The van der Waals surface area contributed by atoms with Crippen molar-refractivity contribution in [2.45, 2.75) is 5.92 Å². The highest BCUT2D eigenvalue weighted by atomic mass is 16.5. The van der Waals surface area contributed by atoms with Gasteiger partial charge < -0.3 is 15.4 Å². The Balaban J connectivity index is 1.93. The van der Waals surface area contributed by atoms with E-state index in [9.17, 15) is 4.79 Å². The zero-order valence-corrected chi connectivity index (χ0v) is 8.25. The molecular formula is C11H12N2O2. The van der Waals surface area contributed by atoms with Crippen molar-refractivity contribution in [3.8, 4) is 5.75 Å². The van der Waals surface area contributed by atoms with Crippen LogP contribution in [0.3, 0.4) is 0 Å². The van der Waals surface area contributed by atoms with Crippen molar-refractivity contribution in [3.63, 3.8) is 0 Å². The second-order valence-electron chi connectivity index (χ2n) is 3.95. The first kappa shape index (κ1) is 8.73. The van der Waals surface area contributed by atoms with E-state index in [-0.39, 0.29) is 12.5 Å². The van der Waals surface area contributed by atoms with Gasteiger partial charge in [0.2, 0.25) is 0 Å². The largest absolute Gasteiger partial charge is 0.482 e. The van der Waals surface area contributed by atoms with Crippen LogP contribution in [0.2, 0.25) is 0 Å². The Morgan fingerprint density at radius 1 is 1.33 bits per heavy atom. The van der Waals surface area contributed by atoms with Crippen molar-refractivity contribution >= 4 is 11.6 Å². The van der Waals surface area contributed by atoms with Crippen LogP contribution in [0, 0.1) is 0 Å². The molecule has 0 radical (unpaired) electrons. The van der Waals surface area contributed by atoms with Gasteiger partial charge in [0.25, 0.3) is 5.91 Å². The minimum atomic E-state index is -0.0774. The molecule has 0 aromatic heterocycles. The van der Waals surface area contributed by atoms with Gasteiger partial charge in [-0.2, -0.15) is 0 Å². The Morgan fingerprint density at radius 2 is 2.20 bits per heavy atom. The number of hydrogen-bond acceptors (Lipinski definition) is 3. The summed E-state index contributed by atoms with van der Waals surface area (Å²) in [6.45, 7) is 2.17. The number of amides is 1. The summed E-state index contributed by atoms with van der Waals surface area (Å²) < 4.78 is 5.29. The summed E-state index contributed by atoms with van der Waals surface area (Å²) in [6, 6.07) is 6.02. The molecule has 78 valence electrons. The van der Waals surface area contributed by atoms with E-state index in [2.05, 4.69) is 16.7 Å². The lowest BCUT2D eigenvalue weighted by molar-refractivity contribution is -0.118. The lowest BCUT2D eigenvalue weighted by Crippen LogP contribution is -2.39. The molecule has 0 unspecified atom stereocenters. The van der Waals surface area contributed by atoms with Crippen LogP contribution >= 0.6 is 0 Å². The number of fused-ring (bicyclic) bond motifs is 1. The molecule has 0 aliphatic carbocycles. The van der Waals surface area contributed by atoms with Crippen molar-refractivity contribution in [2.24, 2.45) is 0 Å². The van der Waals surface area contributed by atoms with Crippen LogP contribution in [0.1, 0.15) is 11.5 Å². The van der Waals surface area contributed by atoms with Crippen LogP contribution in [-0.4, -0.2) is 25.6 Å². The summed E-state index contributed by atoms with van der Waals surface area (Å²) in [5.41, 5.74) is 2.06. The average Bonchev–Trinajstić information content (AvgIpc) is 2.14. The third-order valence-electron chi connectivity index (χ3n) is 2.89. The lowest BCUT2D eigenvalue weighted by atomic mass is 9.93. The number of hydrogen-bond donors (Lipinski definition) is 2. The Labute approximate surface area is 87.6 Å². The molecular weight excluding hydrogens is 192 g/mol. The van der Waals surface area contributed by atoms with E-state index in [1.54, 1.807) is 0 Å². The van der Waals surface area contributed by atoms with Crippen molar-refractivity contribution in [2.75, 3.05) is 25.0 Å². The number of nitrogens with one attached hydrogen (secondary N) is 2. The molecule has 0 atom stereocenters. The fourth-order valence-corrected chi connectivity index (χ4v) is 1.88. The minimum absolute atomic E-state index is 0.0774. The van der Waals surface area contributed by atoms with Gasteiger partial charge in [0.05, 0.1) is 5.69 Å². The van der Waals surface area contributed by atoms with Gasteiger partial charge in [-0.1, -0.05) is 6.07 Å². The first-order chi connectivity index (χ1) is 7.33. The highest BCUT2D eigenvalue weighted by Gasteiger charge is 2.22. The average molecular weight is 204 g/mol. The molecule has 2 aliphatic heterocycles. The second kappa shape index (κ2) is 3.24. The topological polar surface area (TPSA) is 50.4 Å². The van der Waals surface area contributed by atoms with E-state index in [0.29, 0.717) is 5.92 Å². The monoisotopic (exact) mass is 204 g/mol. The molecule has 1 aromatic carbocycles. The SMILES string of the molecule is O=C1COc2ccc(C3CNC3)cc2N1. The summed E-state index contributed by atoms with van der Waals surface area (Å²) >= 11 is 0. The van der Waals surface area contributed by atoms with Gasteiger partial charge in [-0.25, -0.2) is 0 Å². The van der Waals surface area contributed by atoms with E-state index < -0.39 is 0 Å². The third kappa shape index (κ3) is 1.47. The van der Waals surface area contributed by atoms with E-state index in [4.69, 9.17) is 4.74 Å². The molecule has 15 heavy (non-hydrogen) atoms. The van der Waals surface area contributed by atoms with Gasteiger partial charge >= 0.3 is 0 Å². The molecule has 1 saturated heterocycles. The maximum absolute atomic E-state index is 11.1. The summed E-state index contributed by atoms with van der Waals surface area (Å²) in [7, 11) is 0. The first-order valence-electron chi connectivity index (χ1n) is 5.10. The van der Waals surface area contributed by atoms with Gasteiger partial charge in [0.1, 0.15) is 5.75 Å². The standard InChI is InChI=1S/C11H12N2O2/c14-11-6-15-10-2-1-7(3-9(10)13-11)8-4-12-5-8/h1-3,8,12H,4-6H2,(H,13,14). The highest BCUT2D eigenvalue weighted by molar-refractivity contribution is 5.95. The van der Waals surface area contributed by atoms with Crippen molar-refractivity contribution < 1.29 is 9.53 Å². The molecule has 0 bridgehead atoms. The highest BCUT2D eigenvalue weighted by Crippen LogP contribution is 2.32. The molecule has 0 saturated carbocycles. The predicted molar refractivity (Wildman–Crippen MR) is 56.2 cm³/mol. The molecule has 2 heterocycles. The second-order valence-corrected chi connectivity index (χ2v) is 3.95. The molecule has 1 fully saturated rings. The molecule has 2 aliphatic rings. The summed E-state index contributed by atoms with van der Waals surface area (Å²) in [4.78, 5) is 11.1. The minimum Gasteiger partial charge on any atom is -0.482 e. The maximum atomic E-state index is 11.1. The summed E-state index contributed by atoms with van der Waals surface area (Å²) in [6.07, 6.45) is 0. The van der Waals surface area contributed by atoms with Crippen LogP contribution in [0.25, 0.3) is 0 Å².